The molecule has 0 radical (unpaired) electrons. The molecule has 2 aliphatic rings. The minimum Gasteiger partial charge on any atom is -0.353 e. The summed E-state index contributed by atoms with van der Waals surface area (Å²) in [5.41, 5.74) is 1.74. The van der Waals surface area contributed by atoms with Crippen molar-refractivity contribution in [1.82, 2.24) is 20.0 Å². The molecule has 9 nitrogen and oxygen atoms in total. The van der Waals surface area contributed by atoms with E-state index in [0.29, 0.717) is 45.0 Å². The predicted octanol–water partition coefficient (Wildman–Crippen LogP) is -0.575. The first kappa shape index (κ1) is 20.8. The number of amides is 4. The van der Waals surface area contributed by atoms with Crippen LogP contribution in [0.3, 0.4) is 0 Å². The van der Waals surface area contributed by atoms with Gasteiger partial charge in [-0.3, -0.25) is 24.1 Å². The lowest BCUT2D eigenvalue weighted by Crippen LogP contribution is -2.60. The van der Waals surface area contributed by atoms with Crippen LogP contribution in [0.5, 0.6) is 0 Å². The lowest BCUT2D eigenvalue weighted by Gasteiger charge is -2.37. The van der Waals surface area contributed by atoms with Crippen molar-refractivity contribution in [3.63, 3.8) is 0 Å². The second-order valence-corrected chi connectivity index (χ2v) is 7.43. The van der Waals surface area contributed by atoms with Crippen molar-refractivity contribution < 1.29 is 19.2 Å². The van der Waals surface area contributed by atoms with E-state index >= 15 is 0 Å². The fourth-order valence-corrected chi connectivity index (χ4v) is 3.55. The van der Waals surface area contributed by atoms with Crippen LogP contribution in [-0.2, 0) is 19.2 Å². The van der Waals surface area contributed by atoms with E-state index in [9.17, 15) is 19.2 Å². The van der Waals surface area contributed by atoms with Crippen LogP contribution in [0, 0.1) is 6.92 Å². The van der Waals surface area contributed by atoms with Gasteiger partial charge in [-0.15, -0.1) is 0 Å². The van der Waals surface area contributed by atoms with Crippen molar-refractivity contribution in [2.24, 2.45) is 0 Å². The smallest absolute Gasteiger partial charge is 0.243 e. The Bertz CT molecular complexity index is 759. The molecule has 0 aromatic heterocycles. The number of piperazine rings is 2. The van der Waals surface area contributed by atoms with Gasteiger partial charge >= 0.3 is 0 Å². The van der Waals surface area contributed by atoms with E-state index in [0.717, 1.165) is 12.0 Å². The van der Waals surface area contributed by atoms with Gasteiger partial charge in [0, 0.05) is 45.0 Å². The minimum atomic E-state index is -0.821. The summed E-state index contributed by atoms with van der Waals surface area (Å²) in [5.74, 6) is -0.796. The van der Waals surface area contributed by atoms with Crippen molar-refractivity contribution in [1.29, 1.82) is 0 Å². The third kappa shape index (κ3) is 5.54. The maximum Gasteiger partial charge on any atom is 0.243 e. The Kier molecular flexibility index (Phi) is 6.82. The number of anilines is 1. The Morgan fingerprint density at radius 1 is 1.14 bits per heavy atom. The normalized spacial score (nSPS) is 20.2. The molecule has 2 heterocycles. The summed E-state index contributed by atoms with van der Waals surface area (Å²) in [7, 11) is 0. The van der Waals surface area contributed by atoms with Crippen LogP contribution >= 0.6 is 0 Å². The Morgan fingerprint density at radius 2 is 1.83 bits per heavy atom. The summed E-state index contributed by atoms with van der Waals surface area (Å²) < 4.78 is 0. The van der Waals surface area contributed by atoms with Gasteiger partial charge in [-0.05, 0) is 19.1 Å². The van der Waals surface area contributed by atoms with Crippen LogP contribution in [0.15, 0.2) is 24.3 Å². The molecule has 29 heavy (non-hydrogen) atoms. The summed E-state index contributed by atoms with van der Waals surface area (Å²) in [6.45, 7) is 5.28. The Labute approximate surface area is 170 Å². The van der Waals surface area contributed by atoms with Crippen molar-refractivity contribution in [3.8, 4) is 0 Å². The molecule has 0 bridgehead atoms. The lowest BCUT2D eigenvalue weighted by molar-refractivity contribution is -0.145. The zero-order valence-corrected chi connectivity index (χ0v) is 16.6. The van der Waals surface area contributed by atoms with E-state index in [-0.39, 0.29) is 30.7 Å². The summed E-state index contributed by atoms with van der Waals surface area (Å²) in [5, 5.41) is 5.52. The number of hydrogen-bond acceptors (Lipinski definition) is 5. The highest BCUT2D eigenvalue weighted by Gasteiger charge is 2.35. The van der Waals surface area contributed by atoms with Gasteiger partial charge in [0.1, 0.15) is 6.04 Å². The molecule has 0 spiro atoms. The molecule has 1 aromatic carbocycles. The monoisotopic (exact) mass is 401 g/mol. The van der Waals surface area contributed by atoms with Crippen LogP contribution < -0.4 is 10.6 Å². The summed E-state index contributed by atoms with van der Waals surface area (Å²) in [4.78, 5) is 53.6. The van der Waals surface area contributed by atoms with E-state index in [1.165, 1.54) is 4.90 Å². The van der Waals surface area contributed by atoms with E-state index < -0.39 is 6.04 Å². The molecule has 2 aliphatic heterocycles. The number of benzene rings is 1. The van der Waals surface area contributed by atoms with Gasteiger partial charge < -0.3 is 20.4 Å². The fraction of sp³-hybridized carbons (Fsp3) is 0.500. The first-order valence-corrected chi connectivity index (χ1v) is 9.81. The average Bonchev–Trinajstić information content (AvgIpc) is 2.71. The zero-order valence-electron chi connectivity index (χ0n) is 16.6. The molecular formula is C20H27N5O4. The number of rotatable bonds is 6. The molecule has 1 atom stereocenters. The summed E-state index contributed by atoms with van der Waals surface area (Å²) in [6, 6.07) is 6.57. The minimum absolute atomic E-state index is 0.0929. The number of hydrogen-bond donors (Lipinski definition) is 2. The molecule has 4 amide bonds. The molecule has 2 fully saturated rings. The lowest BCUT2D eigenvalue weighted by atomic mass is 10.1. The molecule has 1 aromatic rings. The number of carbonyl (C=O) groups is 4. The predicted molar refractivity (Wildman–Crippen MR) is 107 cm³/mol. The Balaban J connectivity index is 1.58. The molecule has 0 unspecified atom stereocenters. The van der Waals surface area contributed by atoms with Crippen LogP contribution in [0.25, 0.3) is 0 Å². The van der Waals surface area contributed by atoms with Crippen LogP contribution in [0.4, 0.5) is 5.69 Å². The third-order valence-corrected chi connectivity index (χ3v) is 5.28. The molecule has 2 saturated heterocycles. The molecule has 3 rings (SSSR count). The maximum absolute atomic E-state index is 12.8. The van der Waals surface area contributed by atoms with Crippen LogP contribution in [0.2, 0.25) is 0 Å². The van der Waals surface area contributed by atoms with E-state index in [4.69, 9.17) is 0 Å². The largest absolute Gasteiger partial charge is 0.353 e. The first-order chi connectivity index (χ1) is 14.0. The highest BCUT2D eigenvalue weighted by molar-refractivity contribution is 5.97. The molecule has 2 N–H and O–H groups in total. The highest BCUT2D eigenvalue weighted by atomic mass is 16.2. The van der Waals surface area contributed by atoms with Gasteiger partial charge in [0.2, 0.25) is 24.1 Å². The van der Waals surface area contributed by atoms with Crippen LogP contribution in [0.1, 0.15) is 12.0 Å². The molecular weight excluding hydrogens is 374 g/mol. The number of nitrogens with zero attached hydrogens (tertiary/aromatic N) is 3. The van der Waals surface area contributed by atoms with Crippen molar-refractivity contribution >= 4 is 29.8 Å². The van der Waals surface area contributed by atoms with Crippen molar-refractivity contribution in [2.75, 3.05) is 51.1 Å². The number of aryl methyl sites for hydroxylation is 1. The fourth-order valence-electron chi connectivity index (χ4n) is 3.55. The van der Waals surface area contributed by atoms with Gasteiger partial charge in [-0.25, -0.2) is 0 Å². The van der Waals surface area contributed by atoms with Crippen molar-refractivity contribution in [3.05, 3.63) is 29.8 Å². The van der Waals surface area contributed by atoms with E-state index in [2.05, 4.69) is 10.6 Å². The zero-order chi connectivity index (χ0) is 20.8. The molecule has 0 aliphatic carbocycles. The standard InChI is InChI=1S/C20H27N5O4/c1-15-2-4-16(5-3-15)22-18(27)12-17-20(29)21-6-7-25(17)19(28)13-23-8-10-24(14-26)11-9-23/h2-5,14,17H,6-13H2,1H3,(H,21,29)(H,22,27)/t17-/m1/s1. The van der Waals surface area contributed by atoms with Crippen molar-refractivity contribution in [2.45, 2.75) is 19.4 Å². The van der Waals surface area contributed by atoms with Gasteiger partial charge in [-0.2, -0.15) is 0 Å². The van der Waals surface area contributed by atoms with E-state index in [1.54, 1.807) is 17.0 Å². The second-order valence-electron chi connectivity index (χ2n) is 7.43. The Hall–Kier alpha value is -2.94. The average molecular weight is 401 g/mol. The molecule has 9 heteroatoms. The third-order valence-electron chi connectivity index (χ3n) is 5.28. The first-order valence-electron chi connectivity index (χ1n) is 9.81. The molecule has 156 valence electrons. The highest BCUT2D eigenvalue weighted by Crippen LogP contribution is 2.14. The summed E-state index contributed by atoms with van der Waals surface area (Å²) >= 11 is 0. The van der Waals surface area contributed by atoms with Crippen LogP contribution in [-0.4, -0.2) is 90.7 Å². The van der Waals surface area contributed by atoms with E-state index in [1.807, 2.05) is 24.0 Å². The SMILES string of the molecule is Cc1ccc(NC(=O)C[C@@H]2C(=O)NCCN2C(=O)CN2CCN(C=O)CC2)cc1. The quantitative estimate of drug-likeness (QED) is 0.622. The van der Waals surface area contributed by atoms with Gasteiger partial charge in [0.05, 0.1) is 13.0 Å². The van der Waals surface area contributed by atoms with Gasteiger partial charge in [-0.1, -0.05) is 17.7 Å². The number of nitrogens with one attached hydrogen (secondary N) is 2. The number of carbonyl (C=O) groups excluding carboxylic acids is 4. The Morgan fingerprint density at radius 3 is 2.48 bits per heavy atom. The second kappa shape index (κ2) is 9.51. The van der Waals surface area contributed by atoms with Gasteiger partial charge in [0.25, 0.3) is 0 Å². The topological polar surface area (TPSA) is 102 Å². The summed E-state index contributed by atoms with van der Waals surface area (Å²) in [6.07, 6.45) is 0.723. The van der Waals surface area contributed by atoms with Gasteiger partial charge in [0.15, 0.2) is 0 Å². The maximum atomic E-state index is 12.8. The molecule has 0 saturated carbocycles.